The zero-order valence-electron chi connectivity index (χ0n) is 19.0. The minimum atomic E-state index is -0.723. The van der Waals surface area contributed by atoms with Crippen LogP contribution in [0.4, 0.5) is 0 Å². The maximum atomic E-state index is 10.7. The van der Waals surface area contributed by atoms with Crippen molar-refractivity contribution in [2.75, 3.05) is 0 Å². The molecule has 4 heteroatoms. The van der Waals surface area contributed by atoms with E-state index >= 15 is 0 Å². The van der Waals surface area contributed by atoms with Crippen LogP contribution in [0.1, 0.15) is 55.8 Å². The maximum Gasteiger partial charge on any atom is 0.303 e. The van der Waals surface area contributed by atoms with E-state index in [0.717, 1.165) is 24.0 Å². The lowest BCUT2D eigenvalue weighted by atomic mass is 9.62. The van der Waals surface area contributed by atoms with Gasteiger partial charge >= 0.3 is 5.97 Å². The fourth-order valence-electron chi connectivity index (χ4n) is 5.17. The van der Waals surface area contributed by atoms with Gasteiger partial charge in [-0.05, 0) is 61.0 Å². The Kier molecular flexibility index (Phi) is 8.13. The van der Waals surface area contributed by atoms with Crippen molar-refractivity contribution in [3.63, 3.8) is 0 Å². The molecule has 0 saturated heterocycles. The Hall–Kier alpha value is -3.14. The van der Waals surface area contributed by atoms with Gasteiger partial charge in [0.2, 0.25) is 0 Å². The molecule has 0 spiro atoms. The first-order chi connectivity index (χ1) is 16.2. The van der Waals surface area contributed by atoms with Crippen LogP contribution in [-0.2, 0) is 9.63 Å². The Labute approximate surface area is 196 Å². The average Bonchev–Trinajstić information content (AvgIpc) is 2.86. The highest BCUT2D eigenvalue weighted by Gasteiger charge is 2.39. The zero-order valence-corrected chi connectivity index (χ0v) is 19.0. The summed E-state index contributed by atoms with van der Waals surface area (Å²) in [6.45, 7) is 0. The van der Waals surface area contributed by atoms with Crippen LogP contribution >= 0.6 is 0 Å². The molecule has 4 atom stereocenters. The molecule has 5 rings (SSSR count). The summed E-state index contributed by atoms with van der Waals surface area (Å²) in [5, 5.41) is 13.3. The summed E-state index contributed by atoms with van der Waals surface area (Å²) < 4.78 is 0. The van der Waals surface area contributed by atoms with Gasteiger partial charge in [-0.3, -0.25) is 4.79 Å². The third-order valence-electron chi connectivity index (χ3n) is 6.92. The van der Waals surface area contributed by atoms with E-state index in [1.807, 2.05) is 42.6 Å². The van der Waals surface area contributed by atoms with E-state index in [-0.39, 0.29) is 12.5 Å². The van der Waals surface area contributed by atoms with Crippen molar-refractivity contribution in [3.8, 4) is 0 Å². The third kappa shape index (κ3) is 6.22. The molecule has 2 aromatic carbocycles. The fourth-order valence-corrected chi connectivity index (χ4v) is 5.17. The molecule has 4 nitrogen and oxygen atoms in total. The minimum Gasteiger partial charge on any atom is -0.481 e. The van der Waals surface area contributed by atoms with Crippen LogP contribution in [0.3, 0.4) is 0 Å². The molecule has 0 radical (unpaired) electrons. The number of unbranched alkanes of at least 4 members (excludes halogenated alkanes) is 1. The molecule has 0 amide bonds. The normalized spacial score (nSPS) is 24.2. The van der Waals surface area contributed by atoms with Gasteiger partial charge in [0.05, 0.1) is 0 Å². The summed E-state index contributed by atoms with van der Waals surface area (Å²) in [6.07, 6.45) is 16.1. The monoisotopic (exact) mass is 443 g/mol. The van der Waals surface area contributed by atoms with Crippen LogP contribution in [0.2, 0.25) is 0 Å². The summed E-state index contributed by atoms with van der Waals surface area (Å²) in [5.41, 5.74) is 2.18. The number of carboxylic acids is 1. The van der Waals surface area contributed by atoms with Gasteiger partial charge in [-0.25, -0.2) is 0 Å². The number of aliphatic carboxylic acids is 1. The number of hydrogen-bond acceptors (Lipinski definition) is 3. The first kappa shape index (κ1) is 23.0. The molecule has 0 aromatic heterocycles. The second kappa shape index (κ2) is 11.6. The van der Waals surface area contributed by atoms with Crippen molar-refractivity contribution in [3.05, 3.63) is 96.1 Å². The standard InChI is InChI=1S/C29H33NO3/c31-28(32)16-10-2-1-9-15-26-22-17-19-23(20-18-22)27(26)21-30-33-29(24-11-5-3-6-12-24)25-13-7-4-8-14-25/h1,3-9,11-14,17,19,21-23,26-27,29H,2,10,15-16,18,20H2,(H,31,32)/b9-1-,30-21+/t22-,23-,26+,27+/m1/s1. The van der Waals surface area contributed by atoms with Gasteiger partial charge in [-0.2, -0.15) is 0 Å². The van der Waals surface area contributed by atoms with E-state index in [4.69, 9.17) is 9.94 Å². The smallest absolute Gasteiger partial charge is 0.303 e. The van der Waals surface area contributed by atoms with Crippen molar-refractivity contribution in [2.24, 2.45) is 28.8 Å². The third-order valence-corrected chi connectivity index (χ3v) is 6.92. The molecule has 2 bridgehead atoms. The second-order valence-corrected chi connectivity index (χ2v) is 9.09. The summed E-state index contributed by atoms with van der Waals surface area (Å²) >= 11 is 0. The van der Waals surface area contributed by atoms with Gasteiger partial charge in [0, 0.05) is 18.6 Å². The molecule has 3 aliphatic carbocycles. The summed E-state index contributed by atoms with van der Waals surface area (Å²) in [4.78, 5) is 16.8. The number of carboxylic acid groups (broad SMARTS) is 1. The van der Waals surface area contributed by atoms with Crippen LogP contribution in [-0.4, -0.2) is 17.3 Å². The van der Waals surface area contributed by atoms with Gasteiger partial charge in [0.15, 0.2) is 6.10 Å². The molecule has 172 valence electrons. The predicted octanol–water partition coefficient (Wildman–Crippen LogP) is 6.81. The van der Waals surface area contributed by atoms with Gasteiger partial charge < -0.3 is 9.94 Å². The lowest BCUT2D eigenvalue weighted by Gasteiger charge is -2.43. The number of benzene rings is 2. The summed E-state index contributed by atoms with van der Waals surface area (Å²) in [7, 11) is 0. The number of nitrogens with zero attached hydrogens (tertiary/aromatic N) is 1. The molecule has 1 fully saturated rings. The molecule has 1 N–H and O–H groups in total. The van der Waals surface area contributed by atoms with Gasteiger partial charge in [0.1, 0.15) is 0 Å². The highest BCUT2D eigenvalue weighted by molar-refractivity contribution is 5.66. The molecule has 3 aliphatic rings. The number of hydrogen-bond donors (Lipinski definition) is 1. The second-order valence-electron chi connectivity index (χ2n) is 9.09. The molecule has 0 unspecified atom stereocenters. The van der Waals surface area contributed by atoms with Gasteiger partial charge in [-0.15, -0.1) is 0 Å². The van der Waals surface area contributed by atoms with Gasteiger partial charge in [0.25, 0.3) is 0 Å². The fraction of sp³-hybridized carbons (Fsp3) is 0.379. The number of carbonyl (C=O) groups is 1. The number of fused-ring (bicyclic) bond motifs is 2. The quantitative estimate of drug-likeness (QED) is 0.180. The van der Waals surface area contributed by atoms with Crippen molar-refractivity contribution in [1.29, 1.82) is 0 Å². The largest absolute Gasteiger partial charge is 0.481 e. The zero-order chi connectivity index (χ0) is 22.9. The summed E-state index contributed by atoms with van der Waals surface area (Å²) in [5.74, 6) is 1.25. The first-order valence-corrected chi connectivity index (χ1v) is 12.1. The first-order valence-electron chi connectivity index (χ1n) is 12.1. The molecule has 33 heavy (non-hydrogen) atoms. The molecular weight excluding hydrogens is 410 g/mol. The van der Waals surface area contributed by atoms with Crippen LogP contribution in [0.15, 0.2) is 90.1 Å². The number of allylic oxidation sites excluding steroid dienone is 4. The lowest BCUT2D eigenvalue weighted by Crippen LogP contribution is -2.37. The van der Waals surface area contributed by atoms with Crippen molar-refractivity contribution in [1.82, 2.24) is 0 Å². The van der Waals surface area contributed by atoms with Crippen molar-refractivity contribution in [2.45, 2.75) is 44.6 Å². The molecule has 0 heterocycles. The summed E-state index contributed by atoms with van der Waals surface area (Å²) in [6, 6.07) is 20.5. The van der Waals surface area contributed by atoms with E-state index in [0.29, 0.717) is 30.1 Å². The minimum absolute atomic E-state index is 0.229. The maximum absolute atomic E-state index is 10.7. The van der Waals surface area contributed by atoms with E-state index in [2.05, 4.69) is 53.7 Å². The van der Waals surface area contributed by atoms with Crippen LogP contribution in [0.5, 0.6) is 0 Å². The van der Waals surface area contributed by atoms with E-state index in [1.54, 1.807) is 0 Å². The van der Waals surface area contributed by atoms with E-state index < -0.39 is 5.97 Å². The van der Waals surface area contributed by atoms with Gasteiger partial charge in [-0.1, -0.05) is 90.1 Å². The Morgan fingerprint density at radius 3 is 2.21 bits per heavy atom. The highest BCUT2D eigenvalue weighted by Crippen LogP contribution is 2.45. The molecule has 0 aliphatic heterocycles. The Balaban J connectivity index is 1.42. The van der Waals surface area contributed by atoms with Crippen LogP contribution < -0.4 is 0 Å². The SMILES string of the molecule is O=C(O)CCC/C=C\C[C@@H]1[C@@H](/C=N/OC(c2ccccc2)c2ccccc2)[C@@H]2C=C[C@@H]1CC2. The predicted molar refractivity (Wildman–Crippen MR) is 132 cm³/mol. The Morgan fingerprint density at radius 2 is 1.61 bits per heavy atom. The Bertz CT molecular complexity index is 927. The van der Waals surface area contributed by atoms with Crippen molar-refractivity contribution < 1.29 is 14.7 Å². The number of oxime groups is 1. The van der Waals surface area contributed by atoms with E-state index in [9.17, 15) is 4.79 Å². The number of rotatable bonds is 11. The Morgan fingerprint density at radius 1 is 0.970 bits per heavy atom. The highest BCUT2D eigenvalue weighted by atomic mass is 16.6. The molecular formula is C29H33NO3. The lowest BCUT2D eigenvalue weighted by molar-refractivity contribution is -0.137. The van der Waals surface area contributed by atoms with Crippen LogP contribution in [0.25, 0.3) is 0 Å². The van der Waals surface area contributed by atoms with E-state index in [1.165, 1.54) is 12.8 Å². The average molecular weight is 444 g/mol. The molecule has 1 saturated carbocycles. The van der Waals surface area contributed by atoms with Crippen molar-refractivity contribution >= 4 is 12.2 Å². The molecule has 2 aromatic rings. The topological polar surface area (TPSA) is 58.9 Å². The van der Waals surface area contributed by atoms with Crippen LogP contribution in [0, 0.1) is 23.7 Å².